The summed E-state index contributed by atoms with van der Waals surface area (Å²) in [5.74, 6) is 0.771. The molecule has 0 fully saturated rings. The van der Waals surface area contributed by atoms with Crippen LogP contribution >= 0.6 is 0 Å². The minimum Gasteiger partial charge on any atom is -0.419 e. The van der Waals surface area contributed by atoms with Crippen molar-refractivity contribution in [2.24, 2.45) is 0 Å². The van der Waals surface area contributed by atoms with Gasteiger partial charge in [0.05, 0.1) is 18.2 Å². The average molecular weight is 331 g/mol. The Balaban J connectivity index is 1.47. The van der Waals surface area contributed by atoms with E-state index in [-0.39, 0.29) is 5.91 Å². The summed E-state index contributed by atoms with van der Waals surface area (Å²) in [4.78, 5) is 11.6. The first-order valence-corrected chi connectivity index (χ1v) is 7.71. The first kappa shape index (κ1) is 14.9. The van der Waals surface area contributed by atoms with E-state index in [4.69, 9.17) is 9.68 Å². The van der Waals surface area contributed by atoms with Gasteiger partial charge in [-0.15, -0.1) is 10.2 Å². The molecule has 0 spiro atoms. The molecule has 7 heteroatoms. The summed E-state index contributed by atoms with van der Waals surface area (Å²) in [7, 11) is 0. The molecule has 1 aliphatic rings. The van der Waals surface area contributed by atoms with Crippen LogP contribution in [0.2, 0.25) is 0 Å². The molecule has 1 amide bonds. The van der Waals surface area contributed by atoms with E-state index in [9.17, 15) is 4.79 Å². The molecular formula is C18H13N5O2. The van der Waals surface area contributed by atoms with Crippen molar-refractivity contribution >= 4 is 11.6 Å². The molecule has 0 atom stereocenters. The number of benzene rings is 2. The van der Waals surface area contributed by atoms with Crippen molar-refractivity contribution in [1.82, 2.24) is 15.5 Å². The molecule has 122 valence electrons. The van der Waals surface area contributed by atoms with E-state index in [1.165, 1.54) is 0 Å². The third kappa shape index (κ3) is 2.93. The van der Waals surface area contributed by atoms with E-state index in [1.54, 1.807) is 24.3 Å². The zero-order valence-corrected chi connectivity index (χ0v) is 13.1. The quantitative estimate of drug-likeness (QED) is 0.761. The van der Waals surface area contributed by atoms with Gasteiger partial charge in [-0.25, -0.2) is 0 Å². The second kappa shape index (κ2) is 6.09. The van der Waals surface area contributed by atoms with Gasteiger partial charge in [0.25, 0.3) is 5.91 Å². The van der Waals surface area contributed by atoms with Crippen molar-refractivity contribution < 1.29 is 9.21 Å². The van der Waals surface area contributed by atoms with Crippen LogP contribution < -0.4 is 10.6 Å². The lowest BCUT2D eigenvalue weighted by atomic mass is 10.1. The van der Waals surface area contributed by atoms with Gasteiger partial charge in [-0.1, -0.05) is 6.07 Å². The fraction of sp³-hybridized carbons (Fsp3) is 0.111. The maximum atomic E-state index is 11.6. The van der Waals surface area contributed by atoms with E-state index >= 15 is 0 Å². The van der Waals surface area contributed by atoms with E-state index < -0.39 is 0 Å². The summed E-state index contributed by atoms with van der Waals surface area (Å²) >= 11 is 0. The van der Waals surface area contributed by atoms with Crippen molar-refractivity contribution in [3.8, 4) is 17.5 Å². The average Bonchev–Trinajstić information content (AvgIpc) is 3.27. The lowest BCUT2D eigenvalue weighted by Gasteiger charge is -2.05. The molecule has 2 heterocycles. The van der Waals surface area contributed by atoms with Crippen LogP contribution in [-0.2, 0) is 13.1 Å². The predicted molar refractivity (Wildman–Crippen MR) is 89.4 cm³/mol. The lowest BCUT2D eigenvalue weighted by Crippen LogP contribution is -2.12. The molecule has 7 nitrogen and oxygen atoms in total. The minimum absolute atomic E-state index is 0.0392. The van der Waals surface area contributed by atoms with E-state index in [1.807, 2.05) is 18.2 Å². The number of carbonyl (C=O) groups excluding carboxylic acids is 1. The summed E-state index contributed by atoms with van der Waals surface area (Å²) in [6, 6.07) is 14.7. The molecule has 0 bridgehead atoms. The minimum atomic E-state index is -0.0392. The van der Waals surface area contributed by atoms with Crippen LogP contribution in [0.3, 0.4) is 0 Å². The lowest BCUT2D eigenvalue weighted by molar-refractivity contribution is 0.0966. The number of carbonyl (C=O) groups is 1. The zero-order chi connectivity index (χ0) is 17.2. The zero-order valence-electron chi connectivity index (χ0n) is 13.1. The predicted octanol–water partition coefficient (Wildman–Crippen LogP) is 2.46. The first-order valence-electron chi connectivity index (χ1n) is 7.71. The molecule has 0 saturated heterocycles. The van der Waals surface area contributed by atoms with Gasteiger partial charge in [-0.3, -0.25) is 4.79 Å². The number of nitrogens with zero attached hydrogens (tertiary/aromatic N) is 3. The molecule has 1 aliphatic heterocycles. The van der Waals surface area contributed by atoms with Gasteiger partial charge in [0.2, 0.25) is 11.8 Å². The number of fused-ring (bicyclic) bond motifs is 1. The van der Waals surface area contributed by atoms with Crippen molar-refractivity contribution in [2.75, 3.05) is 5.32 Å². The first-order chi connectivity index (χ1) is 12.2. The Bertz CT molecular complexity index is 1000. The topological polar surface area (TPSA) is 104 Å². The van der Waals surface area contributed by atoms with Gasteiger partial charge in [-0.05, 0) is 42.0 Å². The Labute approximate surface area is 143 Å². The number of anilines is 1. The van der Waals surface area contributed by atoms with E-state index in [0.717, 1.165) is 11.3 Å². The Morgan fingerprint density at radius 3 is 3.04 bits per heavy atom. The molecule has 2 N–H and O–H groups in total. The Morgan fingerprint density at radius 2 is 2.16 bits per heavy atom. The second-order valence-electron chi connectivity index (χ2n) is 5.60. The van der Waals surface area contributed by atoms with Gasteiger partial charge < -0.3 is 15.1 Å². The van der Waals surface area contributed by atoms with Gasteiger partial charge in [0, 0.05) is 23.4 Å². The number of amides is 1. The van der Waals surface area contributed by atoms with Crippen molar-refractivity contribution in [3.05, 3.63) is 65.0 Å². The summed E-state index contributed by atoms with van der Waals surface area (Å²) in [6.07, 6.45) is 0. The number of aromatic nitrogens is 2. The van der Waals surface area contributed by atoms with Crippen LogP contribution in [0.15, 0.2) is 46.9 Å². The highest BCUT2D eigenvalue weighted by Gasteiger charge is 2.18. The number of hydrogen-bond donors (Lipinski definition) is 2. The maximum absolute atomic E-state index is 11.6. The number of rotatable bonds is 4. The number of nitrogens with one attached hydrogen (secondary N) is 2. The van der Waals surface area contributed by atoms with Crippen LogP contribution in [0, 0.1) is 11.3 Å². The van der Waals surface area contributed by atoms with Crippen molar-refractivity contribution in [2.45, 2.75) is 13.1 Å². The molecule has 1 aromatic heterocycles. The molecule has 25 heavy (non-hydrogen) atoms. The van der Waals surface area contributed by atoms with Crippen LogP contribution in [0.5, 0.6) is 0 Å². The van der Waals surface area contributed by atoms with Gasteiger partial charge in [0.1, 0.15) is 0 Å². The second-order valence-corrected chi connectivity index (χ2v) is 5.60. The van der Waals surface area contributed by atoms with E-state index in [2.05, 4.69) is 26.9 Å². The Kier molecular flexibility index (Phi) is 3.63. The molecule has 3 aromatic rings. The van der Waals surface area contributed by atoms with Crippen molar-refractivity contribution in [3.63, 3.8) is 0 Å². The molecular weight excluding hydrogens is 318 g/mol. The maximum Gasteiger partial charge on any atom is 0.251 e. The normalized spacial score (nSPS) is 12.4. The molecule has 0 aliphatic carbocycles. The molecule has 0 unspecified atom stereocenters. The molecule has 2 aromatic carbocycles. The third-order valence-electron chi connectivity index (χ3n) is 3.94. The fourth-order valence-corrected chi connectivity index (χ4v) is 2.68. The monoisotopic (exact) mass is 331 g/mol. The summed E-state index contributed by atoms with van der Waals surface area (Å²) in [5, 5.41) is 23.0. The standard InChI is InChI=1S/C18H13N5O2/c19-8-11-2-1-3-12(6-11)18-23-22-16(25-18)10-20-14-4-5-15-13(7-14)9-21-17(15)24/h1-7,20H,9-10H2,(H,21,24). The van der Waals surface area contributed by atoms with Gasteiger partial charge >= 0.3 is 0 Å². The Morgan fingerprint density at radius 1 is 1.24 bits per heavy atom. The van der Waals surface area contributed by atoms with Crippen LogP contribution in [0.4, 0.5) is 5.69 Å². The smallest absolute Gasteiger partial charge is 0.251 e. The van der Waals surface area contributed by atoms with E-state index in [0.29, 0.717) is 41.6 Å². The van der Waals surface area contributed by atoms with Crippen LogP contribution in [0.25, 0.3) is 11.5 Å². The highest BCUT2D eigenvalue weighted by atomic mass is 16.4. The summed E-state index contributed by atoms with van der Waals surface area (Å²) in [5.41, 5.74) is 3.80. The van der Waals surface area contributed by atoms with Gasteiger partial charge in [0.15, 0.2) is 0 Å². The SMILES string of the molecule is N#Cc1cccc(-c2nnc(CNc3ccc4c(c3)CNC4=O)o2)c1. The molecule has 0 radical (unpaired) electrons. The molecule has 0 saturated carbocycles. The van der Waals surface area contributed by atoms with Crippen LogP contribution in [-0.4, -0.2) is 16.1 Å². The highest BCUT2D eigenvalue weighted by Crippen LogP contribution is 2.22. The number of nitriles is 1. The highest BCUT2D eigenvalue weighted by molar-refractivity contribution is 5.98. The van der Waals surface area contributed by atoms with Gasteiger partial charge in [-0.2, -0.15) is 5.26 Å². The summed E-state index contributed by atoms with van der Waals surface area (Å²) in [6.45, 7) is 0.911. The number of hydrogen-bond acceptors (Lipinski definition) is 6. The fourth-order valence-electron chi connectivity index (χ4n) is 2.68. The third-order valence-corrected chi connectivity index (χ3v) is 3.94. The van der Waals surface area contributed by atoms with Crippen LogP contribution in [0.1, 0.15) is 27.4 Å². The Hall–Kier alpha value is -3.66. The molecule has 4 rings (SSSR count). The van der Waals surface area contributed by atoms with Crippen molar-refractivity contribution in [1.29, 1.82) is 5.26 Å². The largest absolute Gasteiger partial charge is 0.419 e. The summed E-state index contributed by atoms with van der Waals surface area (Å²) < 4.78 is 5.64.